The number of amides is 1. The summed E-state index contributed by atoms with van der Waals surface area (Å²) in [5.74, 6) is -0.611. The van der Waals surface area contributed by atoms with Crippen molar-refractivity contribution < 1.29 is 24.1 Å². The first-order chi connectivity index (χ1) is 15.2. The Hall–Kier alpha value is -4.46. The first-order valence-electron chi connectivity index (χ1n) is 9.50. The SMILES string of the molecule is CC(C)c1ccc(/C=C(\C#N)C(=O)Nc2cc3c(cc2[N+](=O)[O-])OCCO3)cc1[N+](=O)[O-]. The molecule has 0 fully saturated rings. The number of anilines is 1. The monoisotopic (exact) mass is 438 g/mol. The van der Waals surface area contributed by atoms with Crippen LogP contribution in [-0.2, 0) is 4.79 Å². The maximum atomic E-state index is 12.7. The molecule has 0 saturated heterocycles. The van der Waals surface area contributed by atoms with Crippen LogP contribution >= 0.6 is 0 Å². The van der Waals surface area contributed by atoms with Gasteiger partial charge in [-0.05, 0) is 17.6 Å². The Kier molecular flexibility index (Phi) is 6.34. The van der Waals surface area contributed by atoms with Crippen LogP contribution in [-0.4, -0.2) is 29.0 Å². The molecule has 0 spiro atoms. The lowest BCUT2D eigenvalue weighted by Crippen LogP contribution is -2.18. The van der Waals surface area contributed by atoms with Gasteiger partial charge in [0, 0.05) is 17.7 Å². The van der Waals surface area contributed by atoms with Gasteiger partial charge in [0.25, 0.3) is 17.3 Å². The number of nitro groups is 2. The van der Waals surface area contributed by atoms with Crippen molar-refractivity contribution in [2.24, 2.45) is 0 Å². The molecule has 3 rings (SSSR count). The quantitative estimate of drug-likeness (QED) is 0.307. The summed E-state index contributed by atoms with van der Waals surface area (Å²) in [6.07, 6.45) is 1.18. The van der Waals surface area contributed by atoms with Crippen LogP contribution in [0.25, 0.3) is 6.08 Å². The van der Waals surface area contributed by atoms with Crippen LogP contribution in [0, 0.1) is 31.6 Å². The van der Waals surface area contributed by atoms with Crippen molar-refractivity contribution >= 4 is 29.0 Å². The van der Waals surface area contributed by atoms with Crippen LogP contribution in [0.3, 0.4) is 0 Å². The molecular formula is C21H18N4O7. The molecule has 164 valence electrons. The molecule has 11 heteroatoms. The van der Waals surface area contributed by atoms with Crippen molar-refractivity contribution in [3.05, 3.63) is 67.3 Å². The van der Waals surface area contributed by atoms with E-state index in [4.69, 9.17) is 9.47 Å². The maximum absolute atomic E-state index is 12.7. The number of benzene rings is 2. The number of ether oxygens (including phenoxy) is 2. The first kappa shape index (κ1) is 22.2. The van der Waals surface area contributed by atoms with Gasteiger partial charge in [-0.25, -0.2) is 0 Å². The van der Waals surface area contributed by atoms with Crippen LogP contribution in [0.4, 0.5) is 17.1 Å². The Morgan fingerprint density at radius 3 is 2.28 bits per heavy atom. The van der Waals surface area contributed by atoms with E-state index in [1.807, 2.05) is 13.8 Å². The fourth-order valence-corrected chi connectivity index (χ4v) is 3.13. The fraction of sp³-hybridized carbons (Fsp3) is 0.238. The molecule has 0 atom stereocenters. The van der Waals surface area contributed by atoms with Gasteiger partial charge < -0.3 is 14.8 Å². The first-order valence-corrected chi connectivity index (χ1v) is 9.50. The lowest BCUT2D eigenvalue weighted by atomic mass is 9.98. The molecule has 11 nitrogen and oxygen atoms in total. The molecule has 1 aliphatic heterocycles. The van der Waals surface area contributed by atoms with Gasteiger partial charge in [0.05, 0.1) is 15.9 Å². The topological polar surface area (TPSA) is 158 Å². The molecule has 0 aromatic heterocycles. The molecule has 0 radical (unpaired) electrons. The molecule has 32 heavy (non-hydrogen) atoms. The third-order valence-electron chi connectivity index (χ3n) is 4.65. The van der Waals surface area contributed by atoms with Crippen molar-refractivity contribution in [2.75, 3.05) is 18.5 Å². The van der Waals surface area contributed by atoms with E-state index in [0.717, 1.165) is 6.07 Å². The number of fused-ring (bicyclic) bond motifs is 1. The number of hydrogen-bond donors (Lipinski definition) is 1. The Morgan fingerprint density at radius 2 is 1.72 bits per heavy atom. The average molecular weight is 438 g/mol. The molecular weight excluding hydrogens is 420 g/mol. The third kappa shape index (κ3) is 4.65. The molecule has 1 heterocycles. The lowest BCUT2D eigenvalue weighted by molar-refractivity contribution is -0.385. The number of nitro benzene ring substituents is 2. The van der Waals surface area contributed by atoms with Crippen molar-refractivity contribution in [3.63, 3.8) is 0 Å². The predicted octanol–water partition coefficient (Wildman–Crippen LogP) is 3.94. The van der Waals surface area contributed by atoms with Crippen LogP contribution in [0.1, 0.15) is 30.9 Å². The molecule has 0 saturated carbocycles. The summed E-state index contributed by atoms with van der Waals surface area (Å²) >= 11 is 0. The minimum Gasteiger partial charge on any atom is -0.486 e. The summed E-state index contributed by atoms with van der Waals surface area (Å²) in [7, 11) is 0. The van der Waals surface area contributed by atoms with Gasteiger partial charge >= 0.3 is 0 Å². The summed E-state index contributed by atoms with van der Waals surface area (Å²) in [5.41, 5.74) is -0.343. The van der Waals surface area contributed by atoms with E-state index in [1.54, 1.807) is 18.2 Å². The summed E-state index contributed by atoms with van der Waals surface area (Å²) in [4.78, 5) is 34.2. The minimum absolute atomic E-state index is 0.0945. The number of nitriles is 1. The highest BCUT2D eigenvalue weighted by molar-refractivity contribution is 6.10. The highest BCUT2D eigenvalue weighted by Crippen LogP contribution is 2.39. The number of rotatable bonds is 6. The van der Waals surface area contributed by atoms with Gasteiger partial charge in [-0.1, -0.05) is 26.0 Å². The molecule has 2 aromatic carbocycles. The van der Waals surface area contributed by atoms with Crippen molar-refractivity contribution in [1.29, 1.82) is 5.26 Å². The van der Waals surface area contributed by atoms with E-state index in [0.29, 0.717) is 5.56 Å². The van der Waals surface area contributed by atoms with E-state index >= 15 is 0 Å². The number of hydrogen-bond acceptors (Lipinski definition) is 8. The second-order valence-corrected chi connectivity index (χ2v) is 7.12. The molecule has 0 bridgehead atoms. The van der Waals surface area contributed by atoms with Crippen molar-refractivity contribution in [3.8, 4) is 17.6 Å². The zero-order valence-corrected chi connectivity index (χ0v) is 17.2. The highest BCUT2D eigenvalue weighted by Gasteiger charge is 2.25. The van der Waals surface area contributed by atoms with Gasteiger partial charge in [-0.15, -0.1) is 0 Å². The molecule has 0 aliphatic carbocycles. The summed E-state index contributed by atoms with van der Waals surface area (Å²) in [6, 6.07) is 8.49. The van der Waals surface area contributed by atoms with E-state index in [9.17, 15) is 30.3 Å². The van der Waals surface area contributed by atoms with Gasteiger partial charge in [0.2, 0.25) is 0 Å². The molecule has 0 unspecified atom stereocenters. The number of nitrogens with zero attached hydrogens (tertiary/aromatic N) is 3. The lowest BCUT2D eigenvalue weighted by Gasteiger charge is -2.19. The average Bonchev–Trinajstić information content (AvgIpc) is 2.76. The van der Waals surface area contributed by atoms with Gasteiger partial charge in [0.15, 0.2) is 11.5 Å². The van der Waals surface area contributed by atoms with Gasteiger partial charge in [-0.2, -0.15) is 5.26 Å². The Morgan fingerprint density at radius 1 is 1.09 bits per heavy atom. The zero-order valence-electron chi connectivity index (χ0n) is 17.2. The van der Waals surface area contributed by atoms with E-state index < -0.39 is 21.4 Å². The third-order valence-corrected chi connectivity index (χ3v) is 4.65. The van der Waals surface area contributed by atoms with Gasteiger partial charge in [-0.3, -0.25) is 25.0 Å². The van der Waals surface area contributed by atoms with Crippen LogP contribution in [0.5, 0.6) is 11.5 Å². The highest BCUT2D eigenvalue weighted by atomic mass is 16.6. The van der Waals surface area contributed by atoms with Crippen LogP contribution in [0.15, 0.2) is 35.9 Å². The summed E-state index contributed by atoms with van der Waals surface area (Å²) in [5, 5.41) is 34.6. The molecule has 1 aliphatic rings. The zero-order chi connectivity index (χ0) is 23.4. The summed E-state index contributed by atoms with van der Waals surface area (Å²) in [6.45, 7) is 4.10. The normalized spacial score (nSPS) is 12.8. The van der Waals surface area contributed by atoms with Crippen LogP contribution < -0.4 is 14.8 Å². The largest absolute Gasteiger partial charge is 0.486 e. The number of carbonyl (C=O) groups is 1. The number of nitrogens with one attached hydrogen (secondary N) is 1. The number of carbonyl (C=O) groups excluding carboxylic acids is 1. The summed E-state index contributed by atoms with van der Waals surface area (Å²) < 4.78 is 10.7. The smallest absolute Gasteiger partial charge is 0.296 e. The van der Waals surface area contributed by atoms with Crippen LogP contribution in [0.2, 0.25) is 0 Å². The van der Waals surface area contributed by atoms with E-state index in [1.165, 1.54) is 18.2 Å². The predicted molar refractivity (Wildman–Crippen MR) is 113 cm³/mol. The van der Waals surface area contributed by atoms with E-state index in [2.05, 4.69) is 5.32 Å². The standard InChI is InChI=1S/C21H18N4O7/c1-12(2)15-4-3-13(8-17(15)24(27)28)7-14(11-22)21(26)23-16-9-19-20(32-6-5-31-19)10-18(16)25(29)30/h3-4,7-10,12H,5-6H2,1-2H3,(H,23,26)/b14-7+. The molecule has 2 aromatic rings. The fourth-order valence-electron chi connectivity index (χ4n) is 3.13. The Bertz CT molecular complexity index is 1180. The molecule has 1 amide bonds. The second-order valence-electron chi connectivity index (χ2n) is 7.12. The maximum Gasteiger partial charge on any atom is 0.296 e. The Balaban J connectivity index is 1.94. The Labute approximate surface area is 182 Å². The van der Waals surface area contributed by atoms with Crippen molar-refractivity contribution in [1.82, 2.24) is 0 Å². The van der Waals surface area contributed by atoms with E-state index in [-0.39, 0.29) is 53.1 Å². The second kappa shape index (κ2) is 9.13. The van der Waals surface area contributed by atoms with Crippen molar-refractivity contribution in [2.45, 2.75) is 19.8 Å². The molecule has 1 N–H and O–H groups in total. The van der Waals surface area contributed by atoms with Gasteiger partial charge in [0.1, 0.15) is 30.5 Å². The minimum atomic E-state index is -0.914.